The van der Waals surface area contributed by atoms with E-state index in [1.54, 1.807) is 12.1 Å². The van der Waals surface area contributed by atoms with Crippen molar-refractivity contribution in [2.24, 2.45) is 0 Å². The van der Waals surface area contributed by atoms with Crippen LogP contribution >= 0.6 is 11.6 Å². The second kappa shape index (κ2) is 6.88. The molecule has 1 N–H and O–H groups in total. The fourth-order valence-electron chi connectivity index (χ4n) is 1.30. The number of methoxy groups -OCH3 is 2. The average molecular weight is 273 g/mol. The molecule has 0 bridgehead atoms. The lowest BCUT2D eigenvalue weighted by atomic mass is 10.1. The molecule has 0 amide bonds. The molecule has 0 aliphatic carbocycles. The van der Waals surface area contributed by atoms with E-state index >= 15 is 0 Å². The van der Waals surface area contributed by atoms with Crippen molar-refractivity contribution in [3.05, 3.63) is 28.8 Å². The van der Waals surface area contributed by atoms with Gasteiger partial charge in [0.15, 0.2) is 18.3 Å². The van der Waals surface area contributed by atoms with Crippen LogP contribution in [0.5, 0.6) is 11.5 Å². The number of hydrogen-bond donors (Lipinski definition) is 1. The summed E-state index contributed by atoms with van der Waals surface area (Å²) in [5.74, 6) is -0.280. The molecule has 1 aromatic carbocycles. The summed E-state index contributed by atoms with van der Waals surface area (Å²) in [5, 5.41) is 9.04. The zero-order valence-corrected chi connectivity index (χ0v) is 10.7. The van der Waals surface area contributed by atoms with Gasteiger partial charge in [-0.3, -0.25) is 0 Å². The van der Waals surface area contributed by atoms with Gasteiger partial charge in [0.2, 0.25) is 0 Å². The van der Waals surface area contributed by atoms with Crippen molar-refractivity contribution in [3.8, 4) is 11.5 Å². The van der Waals surface area contributed by atoms with Crippen LogP contribution in [0.4, 0.5) is 0 Å². The first-order chi connectivity index (χ1) is 8.58. The molecule has 0 aromatic heterocycles. The highest BCUT2D eigenvalue weighted by atomic mass is 35.5. The molecule has 0 spiro atoms. The molecular weight excluding hydrogens is 260 g/mol. The number of carbonyl (C=O) groups is 1. The van der Waals surface area contributed by atoms with Gasteiger partial charge >= 0.3 is 5.97 Å². The summed E-state index contributed by atoms with van der Waals surface area (Å²) >= 11 is 5.90. The second-order valence-electron chi connectivity index (χ2n) is 3.25. The van der Waals surface area contributed by atoms with Gasteiger partial charge in [-0.25, -0.2) is 4.79 Å². The average Bonchev–Trinajstić information content (AvgIpc) is 2.34. The van der Waals surface area contributed by atoms with Crippen LogP contribution in [0.15, 0.2) is 18.2 Å². The van der Waals surface area contributed by atoms with Gasteiger partial charge in [-0.1, -0.05) is 11.6 Å². The number of carboxylic acid groups (broad SMARTS) is 1. The van der Waals surface area contributed by atoms with E-state index in [-0.39, 0.29) is 6.79 Å². The normalized spacial score (nSPS) is 10.6. The van der Waals surface area contributed by atoms with E-state index in [2.05, 4.69) is 0 Å². The standard InChI is InChI=1S/C12H13ClO5/c1-16-7-18-12-8(3-4-11(14)15)5-9(13)6-10(12)17-2/h3-6H,7H2,1-2H3,(H,14,15)/b4-3+. The molecule has 0 heterocycles. The van der Waals surface area contributed by atoms with Gasteiger partial charge in [-0.2, -0.15) is 0 Å². The maximum absolute atomic E-state index is 10.5. The van der Waals surface area contributed by atoms with Crippen LogP contribution in [0, 0.1) is 0 Å². The number of benzene rings is 1. The third-order valence-electron chi connectivity index (χ3n) is 1.99. The third-order valence-corrected chi connectivity index (χ3v) is 2.21. The van der Waals surface area contributed by atoms with Crippen molar-refractivity contribution in [1.29, 1.82) is 0 Å². The largest absolute Gasteiger partial charge is 0.493 e. The van der Waals surface area contributed by atoms with E-state index in [0.29, 0.717) is 22.1 Å². The molecule has 0 saturated carbocycles. The van der Waals surface area contributed by atoms with Gasteiger partial charge < -0.3 is 19.3 Å². The zero-order valence-electron chi connectivity index (χ0n) is 9.97. The van der Waals surface area contributed by atoms with E-state index < -0.39 is 5.97 Å². The first kappa shape index (κ1) is 14.3. The van der Waals surface area contributed by atoms with Gasteiger partial charge in [0.05, 0.1) is 7.11 Å². The Morgan fingerprint density at radius 3 is 2.72 bits per heavy atom. The number of aliphatic carboxylic acids is 1. The fraction of sp³-hybridized carbons (Fsp3) is 0.250. The Morgan fingerprint density at radius 2 is 2.17 bits per heavy atom. The lowest BCUT2D eigenvalue weighted by Crippen LogP contribution is -2.02. The lowest BCUT2D eigenvalue weighted by molar-refractivity contribution is -0.131. The lowest BCUT2D eigenvalue weighted by Gasteiger charge is -2.13. The Kier molecular flexibility index (Phi) is 5.48. The van der Waals surface area contributed by atoms with Gasteiger partial charge in [-0.05, 0) is 12.1 Å². The maximum Gasteiger partial charge on any atom is 0.328 e. The molecule has 98 valence electrons. The molecule has 5 nitrogen and oxygen atoms in total. The third kappa shape index (κ3) is 3.94. The van der Waals surface area contributed by atoms with Crippen molar-refractivity contribution in [2.45, 2.75) is 0 Å². The van der Waals surface area contributed by atoms with Gasteiger partial charge in [-0.15, -0.1) is 0 Å². The summed E-state index contributed by atoms with van der Waals surface area (Å²) in [6.07, 6.45) is 2.37. The van der Waals surface area contributed by atoms with Crippen LogP contribution in [-0.4, -0.2) is 32.1 Å². The number of halogens is 1. The van der Waals surface area contributed by atoms with Crippen molar-refractivity contribution in [2.75, 3.05) is 21.0 Å². The summed E-state index contributed by atoms with van der Waals surface area (Å²) in [5.41, 5.74) is 0.499. The number of ether oxygens (including phenoxy) is 3. The van der Waals surface area contributed by atoms with Crippen molar-refractivity contribution in [1.82, 2.24) is 0 Å². The highest BCUT2D eigenvalue weighted by Crippen LogP contribution is 2.35. The fourth-order valence-corrected chi connectivity index (χ4v) is 1.51. The Balaban J connectivity index is 3.18. The van der Waals surface area contributed by atoms with Crippen molar-refractivity contribution in [3.63, 3.8) is 0 Å². The Bertz CT molecular complexity index is 456. The molecule has 18 heavy (non-hydrogen) atoms. The summed E-state index contributed by atoms with van der Waals surface area (Å²) < 4.78 is 15.3. The number of rotatable bonds is 6. The summed E-state index contributed by atoms with van der Waals surface area (Å²) in [6.45, 7) is 0.0197. The predicted octanol–water partition coefficient (Wildman–Crippen LogP) is 2.43. The molecule has 0 radical (unpaired) electrons. The van der Waals surface area contributed by atoms with Gasteiger partial charge in [0, 0.05) is 29.8 Å². The Hall–Kier alpha value is -1.72. The first-order valence-electron chi connectivity index (χ1n) is 4.98. The van der Waals surface area contributed by atoms with E-state index in [1.165, 1.54) is 20.3 Å². The highest BCUT2D eigenvalue weighted by molar-refractivity contribution is 6.31. The van der Waals surface area contributed by atoms with Gasteiger partial charge in [0.25, 0.3) is 0 Å². The highest BCUT2D eigenvalue weighted by Gasteiger charge is 2.11. The topological polar surface area (TPSA) is 65.0 Å². The van der Waals surface area contributed by atoms with Crippen LogP contribution in [0.3, 0.4) is 0 Å². The summed E-state index contributed by atoms with van der Waals surface area (Å²) in [7, 11) is 2.95. The van der Waals surface area contributed by atoms with Crippen LogP contribution in [0.25, 0.3) is 6.08 Å². The summed E-state index contributed by atoms with van der Waals surface area (Å²) in [6, 6.07) is 3.15. The van der Waals surface area contributed by atoms with Crippen LogP contribution in [0.1, 0.15) is 5.56 Å². The molecule has 0 atom stereocenters. The molecule has 0 unspecified atom stereocenters. The number of hydrogen-bond acceptors (Lipinski definition) is 4. The van der Waals surface area contributed by atoms with Crippen LogP contribution in [-0.2, 0) is 9.53 Å². The van der Waals surface area contributed by atoms with Crippen molar-refractivity contribution >= 4 is 23.6 Å². The first-order valence-corrected chi connectivity index (χ1v) is 5.36. The van der Waals surface area contributed by atoms with E-state index in [4.69, 9.17) is 30.9 Å². The molecule has 1 rings (SSSR count). The monoisotopic (exact) mass is 272 g/mol. The summed E-state index contributed by atoms with van der Waals surface area (Å²) in [4.78, 5) is 10.5. The van der Waals surface area contributed by atoms with Crippen LogP contribution < -0.4 is 9.47 Å². The second-order valence-corrected chi connectivity index (χ2v) is 3.69. The minimum atomic E-state index is -1.06. The predicted molar refractivity (Wildman–Crippen MR) is 67.2 cm³/mol. The molecule has 6 heteroatoms. The number of carboxylic acids is 1. The molecular formula is C12H13ClO5. The van der Waals surface area contributed by atoms with E-state index in [1.807, 2.05) is 0 Å². The van der Waals surface area contributed by atoms with E-state index in [9.17, 15) is 4.79 Å². The Labute approximate surface area is 110 Å². The minimum Gasteiger partial charge on any atom is -0.493 e. The molecule has 0 aliphatic rings. The van der Waals surface area contributed by atoms with E-state index in [0.717, 1.165) is 6.08 Å². The Morgan fingerprint density at radius 1 is 1.44 bits per heavy atom. The maximum atomic E-state index is 10.5. The quantitative estimate of drug-likeness (QED) is 0.636. The SMILES string of the molecule is COCOc1c(/C=C/C(=O)O)cc(Cl)cc1OC. The molecule has 0 aliphatic heterocycles. The molecule has 0 saturated heterocycles. The smallest absolute Gasteiger partial charge is 0.328 e. The van der Waals surface area contributed by atoms with Crippen molar-refractivity contribution < 1.29 is 24.1 Å². The molecule has 1 aromatic rings. The van der Waals surface area contributed by atoms with Gasteiger partial charge in [0.1, 0.15) is 0 Å². The molecule has 0 fully saturated rings. The zero-order chi connectivity index (χ0) is 13.5. The minimum absolute atomic E-state index is 0.0197. The van der Waals surface area contributed by atoms with Crippen LogP contribution in [0.2, 0.25) is 5.02 Å².